The van der Waals surface area contributed by atoms with Crippen molar-refractivity contribution in [2.45, 2.75) is 31.9 Å². The molecule has 1 aromatic heterocycles. The number of nitrogens with one attached hydrogen (secondary N) is 2. The van der Waals surface area contributed by atoms with Gasteiger partial charge in [0.25, 0.3) is 0 Å². The van der Waals surface area contributed by atoms with E-state index >= 15 is 0 Å². The maximum atomic E-state index is 5.93. The van der Waals surface area contributed by atoms with Crippen molar-refractivity contribution in [1.29, 1.82) is 0 Å². The highest BCUT2D eigenvalue weighted by molar-refractivity contribution is 5.46. The molecule has 6 heteroatoms. The maximum Gasteiger partial charge on any atom is 0.131 e. The molecule has 0 aromatic carbocycles. The predicted octanol–water partition coefficient (Wildman–Crippen LogP) is 1.18. The number of hydrogen-bond donors (Lipinski definition) is 2. The summed E-state index contributed by atoms with van der Waals surface area (Å²) in [4.78, 5) is 11.0. The molecule has 0 saturated carbocycles. The molecule has 1 aromatic rings. The molecule has 2 aliphatic heterocycles. The van der Waals surface area contributed by atoms with Gasteiger partial charge in [0.05, 0.1) is 12.7 Å². The molecule has 2 unspecified atom stereocenters. The van der Waals surface area contributed by atoms with Crippen molar-refractivity contribution in [2.24, 2.45) is 0 Å². The average molecular weight is 277 g/mol. The summed E-state index contributed by atoms with van der Waals surface area (Å²) >= 11 is 0. The van der Waals surface area contributed by atoms with Gasteiger partial charge in [0.2, 0.25) is 0 Å². The summed E-state index contributed by atoms with van der Waals surface area (Å²) in [5.41, 5.74) is 0. The van der Waals surface area contributed by atoms with Crippen LogP contribution in [0.2, 0.25) is 0 Å². The Bertz CT molecular complexity index is 441. The molecule has 3 rings (SSSR count). The fraction of sp³-hybridized carbons (Fsp3) is 0.714. The van der Waals surface area contributed by atoms with Crippen molar-refractivity contribution >= 4 is 11.6 Å². The average Bonchev–Trinajstić information content (AvgIpc) is 2.93. The summed E-state index contributed by atoms with van der Waals surface area (Å²) in [5.74, 6) is 1.71. The molecular weight excluding hydrogens is 254 g/mol. The summed E-state index contributed by atoms with van der Waals surface area (Å²) < 4.78 is 5.93. The zero-order chi connectivity index (χ0) is 13.8. The highest BCUT2D eigenvalue weighted by Crippen LogP contribution is 2.22. The second-order valence-electron chi connectivity index (χ2n) is 5.45. The van der Waals surface area contributed by atoms with Crippen LogP contribution in [0.25, 0.3) is 0 Å². The van der Waals surface area contributed by atoms with Crippen LogP contribution in [0.1, 0.15) is 19.8 Å². The number of aromatic nitrogens is 2. The Kier molecular flexibility index (Phi) is 4.32. The largest absolute Gasteiger partial charge is 0.373 e. The van der Waals surface area contributed by atoms with Gasteiger partial charge in [0.15, 0.2) is 0 Å². The summed E-state index contributed by atoms with van der Waals surface area (Å²) in [6.45, 7) is 6.84. The van der Waals surface area contributed by atoms with Crippen LogP contribution in [-0.4, -0.2) is 59.8 Å². The molecule has 0 aliphatic carbocycles. The molecular formula is C14H23N5O. The van der Waals surface area contributed by atoms with Crippen LogP contribution >= 0.6 is 0 Å². The van der Waals surface area contributed by atoms with Gasteiger partial charge in [-0.2, -0.15) is 0 Å². The van der Waals surface area contributed by atoms with Crippen molar-refractivity contribution in [3.63, 3.8) is 0 Å². The van der Waals surface area contributed by atoms with Crippen molar-refractivity contribution in [2.75, 3.05) is 43.4 Å². The number of ether oxygens (including phenoxy) is 1. The number of nitrogens with zero attached hydrogens (tertiary/aromatic N) is 3. The van der Waals surface area contributed by atoms with Crippen LogP contribution in [0.4, 0.5) is 11.6 Å². The zero-order valence-corrected chi connectivity index (χ0v) is 12.0. The summed E-state index contributed by atoms with van der Waals surface area (Å²) in [5, 5.41) is 6.54. The number of fused-ring (bicyclic) bond motifs is 1. The van der Waals surface area contributed by atoms with Gasteiger partial charge in [-0.15, -0.1) is 0 Å². The first kappa shape index (κ1) is 13.6. The highest BCUT2D eigenvalue weighted by Gasteiger charge is 2.31. The molecule has 2 atom stereocenters. The van der Waals surface area contributed by atoms with E-state index in [-0.39, 0.29) is 6.10 Å². The normalized spacial score (nSPS) is 26.2. The SMILES string of the molecule is CCNc1cc(NCC2CN3CCCC3CO2)ncn1. The van der Waals surface area contributed by atoms with E-state index < -0.39 is 0 Å². The van der Waals surface area contributed by atoms with Gasteiger partial charge in [-0.25, -0.2) is 9.97 Å². The van der Waals surface area contributed by atoms with Gasteiger partial charge in [-0.05, 0) is 26.3 Å². The zero-order valence-electron chi connectivity index (χ0n) is 12.0. The van der Waals surface area contributed by atoms with Crippen molar-refractivity contribution < 1.29 is 4.74 Å². The Labute approximate surface area is 119 Å². The standard InChI is InChI=1S/C14H23N5O/c1-2-15-13-6-14(18-10-17-13)16-7-12-8-19-5-3-4-11(19)9-20-12/h6,10-12H,2-5,7-9H2,1H3,(H2,15,16,17,18). The Morgan fingerprint density at radius 3 is 3.05 bits per heavy atom. The number of rotatable bonds is 5. The molecule has 6 nitrogen and oxygen atoms in total. The molecule has 0 radical (unpaired) electrons. The van der Waals surface area contributed by atoms with E-state index in [4.69, 9.17) is 4.74 Å². The van der Waals surface area contributed by atoms with Gasteiger partial charge in [-0.1, -0.05) is 0 Å². The minimum absolute atomic E-state index is 0.252. The molecule has 2 N–H and O–H groups in total. The van der Waals surface area contributed by atoms with E-state index in [1.807, 2.05) is 6.07 Å². The molecule has 2 fully saturated rings. The first-order valence-electron chi connectivity index (χ1n) is 7.50. The van der Waals surface area contributed by atoms with E-state index in [1.165, 1.54) is 19.4 Å². The minimum Gasteiger partial charge on any atom is -0.373 e. The number of anilines is 2. The molecule has 20 heavy (non-hydrogen) atoms. The quantitative estimate of drug-likeness (QED) is 0.843. The number of morpholine rings is 1. The van der Waals surface area contributed by atoms with Gasteiger partial charge in [0.1, 0.15) is 18.0 Å². The maximum absolute atomic E-state index is 5.93. The van der Waals surface area contributed by atoms with Crippen LogP contribution < -0.4 is 10.6 Å². The lowest BCUT2D eigenvalue weighted by atomic mass is 10.2. The first-order chi connectivity index (χ1) is 9.85. The fourth-order valence-electron chi connectivity index (χ4n) is 2.96. The fourth-order valence-corrected chi connectivity index (χ4v) is 2.96. The molecule has 2 aliphatic rings. The second kappa shape index (κ2) is 6.37. The smallest absolute Gasteiger partial charge is 0.131 e. The molecule has 0 spiro atoms. The van der Waals surface area contributed by atoms with Gasteiger partial charge < -0.3 is 15.4 Å². The van der Waals surface area contributed by atoms with Crippen LogP contribution in [-0.2, 0) is 4.74 Å². The third-order valence-corrected chi connectivity index (χ3v) is 4.00. The first-order valence-corrected chi connectivity index (χ1v) is 7.50. The Hall–Kier alpha value is -1.40. The van der Waals surface area contributed by atoms with Crippen LogP contribution in [0.5, 0.6) is 0 Å². The van der Waals surface area contributed by atoms with E-state index in [9.17, 15) is 0 Å². The summed E-state index contributed by atoms with van der Waals surface area (Å²) in [7, 11) is 0. The van der Waals surface area contributed by atoms with Crippen LogP contribution in [0.15, 0.2) is 12.4 Å². The van der Waals surface area contributed by atoms with E-state index in [2.05, 4.69) is 32.4 Å². The minimum atomic E-state index is 0.252. The number of hydrogen-bond acceptors (Lipinski definition) is 6. The van der Waals surface area contributed by atoms with E-state index in [0.717, 1.165) is 37.9 Å². The van der Waals surface area contributed by atoms with Gasteiger partial charge in [0, 0.05) is 31.7 Å². The molecule has 0 bridgehead atoms. The van der Waals surface area contributed by atoms with Crippen LogP contribution in [0, 0.1) is 0 Å². The monoisotopic (exact) mass is 277 g/mol. The Morgan fingerprint density at radius 2 is 2.20 bits per heavy atom. The molecule has 0 amide bonds. The Morgan fingerprint density at radius 1 is 1.35 bits per heavy atom. The third-order valence-electron chi connectivity index (χ3n) is 4.00. The van der Waals surface area contributed by atoms with Gasteiger partial charge in [-0.3, -0.25) is 4.90 Å². The lowest BCUT2D eigenvalue weighted by Gasteiger charge is -2.35. The second-order valence-corrected chi connectivity index (χ2v) is 5.45. The lowest BCUT2D eigenvalue weighted by Crippen LogP contribution is -2.48. The lowest BCUT2D eigenvalue weighted by molar-refractivity contribution is -0.0416. The Balaban J connectivity index is 1.50. The van der Waals surface area contributed by atoms with Crippen molar-refractivity contribution in [1.82, 2.24) is 14.9 Å². The van der Waals surface area contributed by atoms with Gasteiger partial charge >= 0.3 is 0 Å². The van der Waals surface area contributed by atoms with Crippen LogP contribution in [0.3, 0.4) is 0 Å². The molecule has 110 valence electrons. The van der Waals surface area contributed by atoms with E-state index in [1.54, 1.807) is 6.33 Å². The topological polar surface area (TPSA) is 62.3 Å². The summed E-state index contributed by atoms with van der Waals surface area (Å²) in [6.07, 6.45) is 4.44. The predicted molar refractivity (Wildman–Crippen MR) is 79.0 cm³/mol. The molecule has 2 saturated heterocycles. The third kappa shape index (κ3) is 3.19. The molecule has 3 heterocycles. The van der Waals surface area contributed by atoms with Crippen molar-refractivity contribution in [3.05, 3.63) is 12.4 Å². The van der Waals surface area contributed by atoms with E-state index in [0.29, 0.717) is 6.04 Å². The summed E-state index contributed by atoms with van der Waals surface area (Å²) in [6, 6.07) is 2.59. The highest BCUT2D eigenvalue weighted by atomic mass is 16.5. The van der Waals surface area contributed by atoms with Crippen molar-refractivity contribution in [3.8, 4) is 0 Å².